The lowest BCUT2D eigenvalue weighted by molar-refractivity contribution is -0.684. The Labute approximate surface area is 95.0 Å². The molecule has 4 nitrogen and oxygen atoms in total. The van der Waals surface area contributed by atoms with Crippen molar-refractivity contribution in [2.24, 2.45) is 11.0 Å². The van der Waals surface area contributed by atoms with E-state index in [9.17, 15) is 4.79 Å². The molecule has 0 aliphatic heterocycles. The molecule has 1 saturated carbocycles. The summed E-state index contributed by atoms with van der Waals surface area (Å²) in [5, 5.41) is 4.09. The van der Waals surface area contributed by atoms with Crippen LogP contribution in [0.5, 0.6) is 0 Å². The molecule has 1 aromatic heterocycles. The van der Waals surface area contributed by atoms with Crippen molar-refractivity contribution in [2.45, 2.75) is 26.3 Å². The van der Waals surface area contributed by atoms with Crippen LogP contribution in [0.4, 0.5) is 0 Å². The first kappa shape index (κ1) is 10.8. The summed E-state index contributed by atoms with van der Waals surface area (Å²) in [7, 11) is 0. The minimum Gasteiger partial charge on any atom is -0.266 e. The van der Waals surface area contributed by atoms with Crippen LogP contribution in [0.15, 0.2) is 35.7 Å². The van der Waals surface area contributed by atoms with E-state index in [0.29, 0.717) is 12.5 Å². The van der Waals surface area contributed by atoms with Crippen molar-refractivity contribution in [3.63, 3.8) is 0 Å². The molecule has 84 valence electrons. The first-order valence-corrected chi connectivity index (χ1v) is 5.53. The van der Waals surface area contributed by atoms with Crippen LogP contribution in [0.1, 0.15) is 19.8 Å². The van der Waals surface area contributed by atoms with Gasteiger partial charge in [-0.25, -0.2) is 5.43 Å². The van der Waals surface area contributed by atoms with Gasteiger partial charge in [-0.3, -0.25) is 4.79 Å². The summed E-state index contributed by atoms with van der Waals surface area (Å²) in [6.07, 6.45) is 6.13. The molecule has 1 aromatic rings. The Morgan fingerprint density at radius 2 is 2.06 bits per heavy atom. The molecular weight excluding hydrogens is 202 g/mol. The van der Waals surface area contributed by atoms with E-state index in [1.807, 2.05) is 42.1 Å². The monoisotopic (exact) mass is 218 g/mol. The second-order valence-corrected chi connectivity index (χ2v) is 4.11. The fourth-order valence-electron chi connectivity index (χ4n) is 1.48. The van der Waals surface area contributed by atoms with Gasteiger partial charge in [-0.2, -0.15) is 9.67 Å². The van der Waals surface area contributed by atoms with Crippen LogP contribution in [-0.4, -0.2) is 11.6 Å². The smallest absolute Gasteiger partial charge is 0.266 e. The van der Waals surface area contributed by atoms with Gasteiger partial charge in [0, 0.05) is 17.8 Å². The Hall–Kier alpha value is -1.71. The van der Waals surface area contributed by atoms with Gasteiger partial charge in [0.1, 0.15) is 0 Å². The first-order valence-electron chi connectivity index (χ1n) is 5.53. The largest absolute Gasteiger partial charge is 0.305 e. The molecule has 0 aromatic carbocycles. The summed E-state index contributed by atoms with van der Waals surface area (Å²) < 4.78 is 1.82. The molecule has 1 aliphatic carbocycles. The van der Waals surface area contributed by atoms with Gasteiger partial charge in [0.15, 0.2) is 12.4 Å². The van der Waals surface area contributed by atoms with E-state index < -0.39 is 0 Å². The predicted octanol–water partition coefficient (Wildman–Crippen LogP) is 0.876. The number of nitrogens with zero attached hydrogens (tertiary/aromatic N) is 2. The average Bonchev–Trinajstić information content (AvgIpc) is 3.11. The highest BCUT2D eigenvalue weighted by Crippen LogP contribution is 2.30. The van der Waals surface area contributed by atoms with Crippen LogP contribution in [0.25, 0.3) is 0 Å². The quantitative estimate of drug-likeness (QED) is 0.455. The van der Waals surface area contributed by atoms with Crippen LogP contribution in [0, 0.1) is 5.92 Å². The van der Waals surface area contributed by atoms with Crippen molar-refractivity contribution in [3.05, 3.63) is 30.6 Å². The normalized spacial score (nSPS) is 15.9. The Balaban J connectivity index is 1.82. The molecule has 0 saturated heterocycles. The number of aromatic nitrogens is 1. The highest BCUT2D eigenvalue weighted by atomic mass is 16.2. The van der Waals surface area contributed by atoms with Crippen molar-refractivity contribution in [3.8, 4) is 0 Å². The molecule has 1 N–H and O–H groups in total. The molecule has 16 heavy (non-hydrogen) atoms. The third-order valence-corrected chi connectivity index (χ3v) is 2.63. The van der Waals surface area contributed by atoms with Crippen LogP contribution in [-0.2, 0) is 11.3 Å². The Morgan fingerprint density at radius 1 is 1.38 bits per heavy atom. The van der Waals surface area contributed by atoms with E-state index >= 15 is 0 Å². The van der Waals surface area contributed by atoms with E-state index in [0.717, 1.165) is 5.71 Å². The average molecular weight is 218 g/mol. The topological polar surface area (TPSA) is 45.3 Å². The van der Waals surface area contributed by atoms with Gasteiger partial charge in [0.05, 0.1) is 0 Å². The number of carbonyl (C=O) groups excluding carboxylic acids is 1. The second kappa shape index (κ2) is 4.88. The number of nitrogens with one attached hydrogen (secondary N) is 1. The van der Waals surface area contributed by atoms with E-state index in [-0.39, 0.29) is 5.91 Å². The van der Waals surface area contributed by atoms with Crippen molar-refractivity contribution in [1.82, 2.24) is 5.43 Å². The van der Waals surface area contributed by atoms with E-state index in [1.54, 1.807) is 0 Å². The fraction of sp³-hybridized carbons (Fsp3) is 0.417. The summed E-state index contributed by atoms with van der Waals surface area (Å²) in [4.78, 5) is 11.5. The maximum atomic E-state index is 11.5. The molecule has 1 amide bonds. The van der Waals surface area contributed by atoms with Gasteiger partial charge in [-0.15, -0.1) is 0 Å². The van der Waals surface area contributed by atoms with Crippen LogP contribution in [0.3, 0.4) is 0 Å². The fourth-order valence-corrected chi connectivity index (χ4v) is 1.48. The molecular formula is C12H16N3O+. The first-order chi connectivity index (χ1) is 7.75. The maximum Gasteiger partial charge on any atom is 0.305 e. The Morgan fingerprint density at radius 3 is 2.69 bits per heavy atom. The lowest BCUT2D eigenvalue weighted by atomic mass is 10.3. The minimum atomic E-state index is -0.0869. The molecule has 2 rings (SSSR count). The number of hydrogen-bond donors (Lipinski definition) is 1. The van der Waals surface area contributed by atoms with Gasteiger partial charge in [-0.1, -0.05) is 6.07 Å². The van der Waals surface area contributed by atoms with E-state index in [4.69, 9.17) is 0 Å². The minimum absolute atomic E-state index is 0.0869. The molecule has 1 fully saturated rings. The summed E-state index contributed by atoms with van der Waals surface area (Å²) >= 11 is 0. The summed E-state index contributed by atoms with van der Waals surface area (Å²) in [5.74, 6) is 0.515. The number of amides is 1. The molecule has 0 bridgehead atoms. The molecule has 1 heterocycles. The lowest BCUT2D eigenvalue weighted by Gasteiger charge is -1.98. The van der Waals surface area contributed by atoms with Crippen LogP contribution < -0.4 is 9.99 Å². The Kier molecular flexibility index (Phi) is 3.29. The zero-order chi connectivity index (χ0) is 11.4. The summed E-state index contributed by atoms with van der Waals surface area (Å²) in [6, 6.07) is 5.71. The number of carbonyl (C=O) groups is 1. The van der Waals surface area contributed by atoms with Crippen molar-refractivity contribution >= 4 is 11.6 Å². The maximum absolute atomic E-state index is 11.5. The van der Waals surface area contributed by atoms with Crippen LogP contribution in [0.2, 0.25) is 0 Å². The number of hydrogen-bond acceptors (Lipinski definition) is 2. The number of pyridine rings is 1. The molecule has 0 radical (unpaired) electrons. The van der Waals surface area contributed by atoms with E-state index in [1.165, 1.54) is 12.8 Å². The molecule has 4 heteroatoms. The molecule has 0 atom stereocenters. The predicted molar refractivity (Wildman–Crippen MR) is 60.6 cm³/mol. The summed E-state index contributed by atoms with van der Waals surface area (Å²) in [6.45, 7) is 2.27. The van der Waals surface area contributed by atoms with Crippen LogP contribution >= 0.6 is 0 Å². The lowest BCUT2D eigenvalue weighted by Crippen LogP contribution is -2.41. The molecule has 1 aliphatic rings. The summed E-state index contributed by atoms with van der Waals surface area (Å²) in [5.41, 5.74) is 3.61. The number of hydrazone groups is 1. The zero-order valence-electron chi connectivity index (χ0n) is 9.39. The van der Waals surface area contributed by atoms with Gasteiger partial charge < -0.3 is 0 Å². The van der Waals surface area contributed by atoms with Crippen molar-refractivity contribution < 1.29 is 9.36 Å². The third-order valence-electron chi connectivity index (χ3n) is 2.63. The third kappa shape index (κ3) is 3.15. The highest BCUT2D eigenvalue weighted by Gasteiger charge is 2.24. The zero-order valence-corrected chi connectivity index (χ0v) is 9.39. The van der Waals surface area contributed by atoms with Gasteiger partial charge in [-0.05, 0) is 25.7 Å². The van der Waals surface area contributed by atoms with E-state index in [2.05, 4.69) is 10.5 Å². The highest BCUT2D eigenvalue weighted by molar-refractivity contribution is 5.87. The van der Waals surface area contributed by atoms with Crippen molar-refractivity contribution in [1.29, 1.82) is 0 Å². The SMILES string of the molecule is C/C(=N\NC(=O)C[n+]1ccccc1)C1CC1. The van der Waals surface area contributed by atoms with Gasteiger partial charge in [0.2, 0.25) is 6.54 Å². The van der Waals surface area contributed by atoms with Crippen molar-refractivity contribution in [2.75, 3.05) is 0 Å². The number of rotatable bonds is 4. The van der Waals surface area contributed by atoms with Gasteiger partial charge in [0.25, 0.3) is 0 Å². The van der Waals surface area contributed by atoms with Gasteiger partial charge >= 0.3 is 5.91 Å². The Bertz CT molecular complexity index is 396. The molecule has 0 spiro atoms. The standard InChI is InChI=1S/C12H15N3O/c1-10(11-5-6-11)13-14-12(16)9-15-7-3-2-4-8-15/h2-4,7-8,11H,5-6,9H2,1H3/p+1/b13-10+. The second-order valence-electron chi connectivity index (χ2n) is 4.11. The molecule has 0 unspecified atom stereocenters.